The SMILES string of the molecule is CC(=NCCN1CCOCC1)C1C(=O)c2ccccc2C1=O. The Labute approximate surface area is 130 Å². The molecule has 3 rings (SSSR count). The number of nitrogens with zero attached hydrogens (tertiary/aromatic N) is 2. The van der Waals surface area contributed by atoms with Crippen LogP contribution < -0.4 is 0 Å². The number of carbonyl (C=O) groups is 2. The van der Waals surface area contributed by atoms with Crippen molar-refractivity contribution in [2.24, 2.45) is 10.9 Å². The first-order valence-electron chi connectivity index (χ1n) is 7.67. The molecule has 1 aromatic carbocycles. The molecule has 0 saturated carbocycles. The van der Waals surface area contributed by atoms with E-state index in [1.54, 1.807) is 31.2 Å². The summed E-state index contributed by atoms with van der Waals surface area (Å²) >= 11 is 0. The van der Waals surface area contributed by atoms with Crippen molar-refractivity contribution < 1.29 is 14.3 Å². The normalized spacial score (nSPS) is 20.5. The van der Waals surface area contributed by atoms with Gasteiger partial charge in [0, 0.05) is 36.5 Å². The third-order valence-electron chi connectivity index (χ3n) is 4.28. The topological polar surface area (TPSA) is 59.0 Å². The van der Waals surface area contributed by atoms with E-state index in [4.69, 9.17) is 4.74 Å². The lowest BCUT2D eigenvalue weighted by Crippen LogP contribution is -2.38. The van der Waals surface area contributed by atoms with E-state index in [9.17, 15) is 9.59 Å². The summed E-state index contributed by atoms with van der Waals surface area (Å²) in [7, 11) is 0. The third-order valence-corrected chi connectivity index (χ3v) is 4.28. The highest BCUT2D eigenvalue weighted by Gasteiger charge is 2.39. The second-order valence-corrected chi connectivity index (χ2v) is 5.68. The molecule has 5 heteroatoms. The Morgan fingerprint density at radius 3 is 2.36 bits per heavy atom. The molecule has 1 fully saturated rings. The summed E-state index contributed by atoms with van der Waals surface area (Å²) in [5.74, 6) is -0.955. The molecule has 0 atom stereocenters. The summed E-state index contributed by atoms with van der Waals surface area (Å²) in [5, 5.41) is 0. The van der Waals surface area contributed by atoms with E-state index in [0.717, 1.165) is 32.8 Å². The van der Waals surface area contributed by atoms with Crippen LogP contribution in [-0.4, -0.2) is 61.6 Å². The fraction of sp³-hybridized carbons (Fsp3) is 0.471. The maximum absolute atomic E-state index is 12.4. The van der Waals surface area contributed by atoms with Crippen LogP contribution in [0.25, 0.3) is 0 Å². The van der Waals surface area contributed by atoms with E-state index in [-0.39, 0.29) is 11.6 Å². The Hall–Kier alpha value is -1.85. The van der Waals surface area contributed by atoms with Crippen LogP contribution in [0.4, 0.5) is 0 Å². The molecule has 0 amide bonds. The van der Waals surface area contributed by atoms with Crippen LogP contribution in [0.3, 0.4) is 0 Å². The summed E-state index contributed by atoms with van der Waals surface area (Å²) in [4.78, 5) is 31.5. The predicted molar refractivity (Wildman–Crippen MR) is 83.8 cm³/mol. The number of ketones is 2. The highest BCUT2D eigenvalue weighted by Crippen LogP contribution is 2.27. The first-order valence-corrected chi connectivity index (χ1v) is 7.67. The Morgan fingerprint density at radius 1 is 1.18 bits per heavy atom. The molecule has 116 valence electrons. The van der Waals surface area contributed by atoms with Gasteiger partial charge in [-0.2, -0.15) is 0 Å². The molecular formula is C17H20N2O3. The zero-order valence-electron chi connectivity index (χ0n) is 12.7. The lowest BCUT2D eigenvalue weighted by molar-refractivity contribution is 0.0394. The first kappa shape index (κ1) is 15.1. The number of benzene rings is 1. The summed E-state index contributed by atoms with van der Waals surface area (Å²) in [6.45, 7) is 6.59. The van der Waals surface area contributed by atoms with Crippen molar-refractivity contribution in [2.75, 3.05) is 39.4 Å². The number of hydrogen-bond donors (Lipinski definition) is 0. The van der Waals surface area contributed by atoms with Gasteiger partial charge in [-0.15, -0.1) is 0 Å². The molecule has 1 aromatic rings. The molecule has 0 unspecified atom stereocenters. The van der Waals surface area contributed by atoms with Crippen LogP contribution in [0.15, 0.2) is 29.3 Å². The van der Waals surface area contributed by atoms with E-state index in [2.05, 4.69) is 9.89 Å². The summed E-state index contributed by atoms with van der Waals surface area (Å²) in [6.07, 6.45) is 0. The number of Topliss-reactive ketones (excluding diaryl/α,β-unsaturated/α-hetero) is 2. The van der Waals surface area contributed by atoms with Crippen molar-refractivity contribution in [3.8, 4) is 0 Å². The Morgan fingerprint density at radius 2 is 1.77 bits per heavy atom. The number of fused-ring (bicyclic) bond motifs is 1. The number of carbonyl (C=O) groups excluding carboxylic acids is 2. The van der Waals surface area contributed by atoms with Gasteiger partial charge in [0.1, 0.15) is 5.92 Å². The van der Waals surface area contributed by atoms with Crippen LogP contribution in [0, 0.1) is 5.92 Å². The molecule has 1 heterocycles. The van der Waals surface area contributed by atoms with Gasteiger partial charge in [0.2, 0.25) is 0 Å². The largest absolute Gasteiger partial charge is 0.379 e. The fourth-order valence-electron chi connectivity index (χ4n) is 3.01. The van der Waals surface area contributed by atoms with Gasteiger partial charge in [0.15, 0.2) is 11.6 Å². The lowest BCUT2D eigenvalue weighted by Gasteiger charge is -2.25. The molecule has 0 N–H and O–H groups in total. The maximum atomic E-state index is 12.4. The molecule has 0 radical (unpaired) electrons. The zero-order valence-corrected chi connectivity index (χ0v) is 12.7. The molecule has 0 spiro atoms. The van der Waals surface area contributed by atoms with Gasteiger partial charge in [-0.05, 0) is 6.92 Å². The molecule has 1 aliphatic carbocycles. The minimum absolute atomic E-state index is 0.117. The molecule has 5 nitrogen and oxygen atoms in total. The van der Waals surface area contributed by atoms with Crippen molar-refractivity contribution in [1.82, 2.24) is 4.90 Å². The molecule has 0 bridgehead atoms. The molecular weight excluding hydrogens is 280 g/mol. The van der Waals surface area contributed by atoms with E-state index in [1.165, 1.54) is 0 Å². The quantitative estimate of drug-likeness (QED) is 0.624. The smallest absolute Gasteiger partial charge is 0.180 e. The van der Waals surface area contributed by atoms with E-state index < -0.39 is 5.92 Å². The van der Waals surface area contributed by atoms with Gasteiger partial charge in [-0.25, -0.2) is 0 Å². The highest BCUT2D eigenvalue weighted by molar-refractivity contribution is 6.36. The average molecular weight is 300 g/mol. The van der Waals surface area contributed by atoms with Crippen molar-refractivity contribution >= 4 is 17.3 Å². The third kappa shape index (κ3) is 2.87. The summed E-state index contributed by atoms with van der Waals surface area (Å²) < 4.78 is 5.31. The maximum Gasteiger partial charge on any atom is 0.180 e. The van der Waals surface area contributed by atoms with Crippen LogP contribution in [0.5, 0.6) is 0 Å². The van der Waals surface area contributed by atoms with Crippen LogP contribution in [0.2, 0.25) is 0 Å². The van der Waals surface area contributed by atoms with Gasteiger partial charge in [0.05, 0.1) is 19.8 Å². The second-order valence-electron chi connectivity index (χ2n) is 5.68. The second kappa shape index (κ2) is 6.50. The van der Waals surface area contributed by atoms with Crippen molar-refractivity contribution in [3.05, 3.63) is 35.4 Å². The van der Waals surface area contributed by atoms with Gasteiger partial charge in [0.25, 0.3) is 0 Å². The Bertz CT molecular complexity index is 583. The molecule has 0 aromatic heterocycles. The summed E-state index contributed by atoms with van der Waals surface area (Å²) in [5.41, 5.74) is 1.68. The van der Waals surface area contributed by atoms with Gasteiger partial charge in [-0.3, -0.25) is 19.5 Å². The Kier molecular flexibility index (Phi) is 4.45. The van der Waals surface area contributed by atoms with Crippen LogP contribution >= 0.6 is 0 Å². The van der Waals surface area contributed by atoms with Crippen LogP contribution in [0.1, 0.15) is 27.6 Å². The molecule has 2 aliphatic rings. The number of morpholine rings is 1. The zero-order chi connectivity index (χ0) is 15.5. The predicted octanol–water partition coefficient (Wildman–Crippen LogP) is 1.47. The minimum Gasteiger partial charge on any atom is -0.379 e. The Balaban J connectivity index is 1.65. The monoisotopic (exact) mass is 300 g/mol. The van der Waals surface area contributed by atoms with Gasteiger partial charge in [-0.1, -0.05) is 24.3 Å². The van der Waals surface area contributed by atoms with Gasteiger partial charge >= 0.3 is 0 Å². The standard InChI is InChI=1S/C17H20N2O3/c1-12(18-6-7-19-8-10-22-11-9-19)15-16(20)13-4-2-3-5-14(13)17(15)21/h2-5,15H,6-11H2,1H3. The van der Waals surface area contributed by atoms with Crippen molar-refractivity contribution in [3.63, 3.8) is 0 Å². The number of hydrogen-bond acceptors (Lipinski definition) is 5. The van der Waals surface area contributed by atoms with Crippen LogP contribution in [-0.2, 0) is 4.74 Å². The number of rotatable bonds is 4. The fourth-order valence-corrected chi connectivity index (χ4v) is 3.01. The highest BCUT2D eigenvalue weighted by atomic mass is 16.5. The average Bonchev–Trinajstić information content (AvgIpc) is 2.80. The number of ether oxygens (including phenoxy) is 1. The van der Waals surface area contributed by atoms with Gasteiger partial charge < -0.3 is 4.74 Å². The van der Waals surface area contributed by atoms with Crippen molar-refractivity contribution in [1.29, 1.82) is 0 Å². The van der Waals surface area contributed by atoms with Crippen molar-refractivity contribution in [2.45, 2.75) is 6.92 Å². The van der Waals surface area contributed by atoms with E-state index >= 15 is 0 Å². The minimum atomic E-state index is -0.720. The molecule has 1 aliphatic heterocycles. The van der Waals surface area contributed by atoms with E-state index in [1.807, 2.05) is 0 Å². The molecule has 1 saturated heterocycles. The number of aliphatic imine (C=N–C) groups is 1. The van der Waals surface area contributed by atoms with E-state index in [0.29, 0.717) is 23.4 Å². The first-order chi connectivity index (χ1) is 10.7. The summed E-state index contributed by atoms with van der Waals surface area (Å²) in [6, 6.07) is 7.02. The molecule has 22 heavy (non-hydrogen) atoms. The lowest BCUT2D eigenvalue weighted by atomic mass is 9.99.